The highest BCUT2D eigenvalue weighted by atomic mass is 16.5. The Kier molecular flexibility index (Phi) is 2.68. The third kappa shape index (κ3) is 1.38. The Morgan fingerprint density at radius 1 is 1.00 bits per heavy atom. The van der Waals surface area contributed by atoms with Gasteiger partial charge in [-0.3, -0.25) is 9.59 Å². The van der Waals surface area contributed by atoms with Gasteiger partial charge in [0.1, 0.15) is 0 Å². The molecule has 6 atom stereocenters. The molecule has 0 aromatic rings. The number of allylic oxidation sites excluding steroid dienone is 2. The molecule has 0 heterocycles. The fourth-order valence-corrected chi connectivity index (χ4v) is 4.51. The first-order valence-electron chi connectivity index (χ1n) is 6.51. The molecule has 0 radical (unpaired) electrons. The minimum absolute atomic E-state index is 0.247. The summed E-state index contributed by atoms with van der Waals surface area (Å²) in [5, 5.41) is 0. The molecular formula is C14H18O4. The van der Waals surface area contributed by atoms with Gasteiger partial charge in [-0.05, 0) is 36.5 Å². The van der Waals surface area contributed by atoms with Crippen molar-refractivity contribution in [3.63, 3.8) is 0 Å². The quantitative estimate of drug-likeness (QED) is 0.549. The van der Waals surface area contributed by atoms with E-state index in [0.717, 1.165) is 12.8 Å². The van der Waals surface area contributed by atoms with Crippen LogP contribution in [0.5, 0.6) is 0 Å². The number of rotatable bonds is 2. The normalized spacial score (nSPS) is 43.9. The molecule has 2 bridgehead atoms. The lowest BCUT2D eigenvalue weighted by molar-refractivity contribution is -0.162. The van der Waals surface area contributed by atoms with Crippen LogP contribution in [0.3, 0.4) is 0 Å². The van der Waals surface area contributed by atoms with Crippen molar-refractivity contribution in [1.29, 1.82) is 0 Å². The molecule has 0 aromatic heterocycles. The summed E-state index contributed by atoms with van der Waals surface area (Å²) in [7, 11) is 2.79. The largest absolute Gasteiger partial charge is 0.469 e. The maximum absolute atomic E-state index is 12.0. The van der Waals surface area contributed by atoms with E-state index in [1.165, 1.54) is 14.2 Å². The highest BCUT2D eigenvalue weighted by molar-refractivity contribution is 5.84. The predicted octanol–water partition coefficient (Wildman–Crippen LogP) is 1.41. The number of ether oxygens (including phenoxy) is 2. The van der Waals surface area contributed by atoms with Crippen molar-refractivity contribution >= 4 is 11.9 Å². The number of methoxy groups -OCH3 is 2. The lowest BCUT2D eigenvalue weighted by atomic mass is 9.69. The summed E-state index contributed by atoms with van der Waals surface area (Å²) in [6.45, 7) is 0. The van der Waals surface area contributed by atoms with Crippen LogP contribution in [-0.2, 0) is 19.1 Å². The third-order valence-electron chi connectivity index (χ3n) is 5.11. The Hall–Kier alpha value is -1.32. The number of carbonyl (C=O) groups excluding carboxylic acids is 2. The zero-order valence-corrected chi connectivity index (χ0v) is 10.7. The molecule has 4 heteroatoms. The Morgan fingerprint density at radius 2 is 1.61 bits per heavy atom. The minimum Gasteiger partial charge on any atom is -0.469 e. The molecule has 0 aliphatic heterocycles. The van der Waals surface area contributed by atoms with Crippen LogP contribution in [0.4, 0.5) is 0 Å². The Balaban J connectivity index is 1.93. The first-order valence-corrected chi connectivity index (χ1v) is 6.51. The number of hydrogen-bond donors (Lipinski definition) is 0. The van der Waals surface area contributed by atoms with Gasteiger partial charge in [0, 0.05) is 0 Å². The second-order valence-corrected chi connectivity index (χ2v) is 5.57. The van der Waals surface area contributed by atoms with Crippen molar-refractivity contribution in [2.75, 3.05) is 14.2 Å². The van der Waals surface area contributed by atoms with E-state index in [-0.39, 0.29) is 35.6 Å². The SMILES string of the molecule is COC(=O)[C@@H]1[C@H](C(=O)OC)[C@@H]2C[C@H]1C1C=CCC12. The van der Waals surface area contributed by atoms with Gasteiger partial charge in [0.25, 0.3) is 0 Å². The van der Waals surface area contributed by atoms with E-state index in [0.29, 0.717) is 11.8 Å². The standard InChI is InChI=1S/C14H18O4/c1-17-13(15)11-9-6-10(12(11)14(16)18-2)8-5-3-4-7(8)9/h3-4,7-12H,5-6H2,1-2H3/t7?,8?,9-,10+,11-,12+/m0/s1. The third-order valence-corrected chi connectivity index (χ3v) is 5.11. The Morgan fingerprint density at radius 3 is 2.22 bits per heavy atom. The summed E-state index contributed by atoms with van der Waals surface area (Å²) in [5.41, 5.74) is 0. The van der Waals surface area contributed by atoms with Crippen molar-refractivity contribution in [1.82, 2.24) is 0 Å². The number of esters is 2. The Bertz CT molecular complexity index is 414. The van der Waals surface area contributed by atoms with Crippen molar-refractivity contribution < 1.29 is 19.1 Å². The summed E-state index contributed by atoms with van der Waals surface area (Å²) < 4.78 is 9.78. The summed E-state index contributed by atoms with van der Waals surface area (Å²) >= 11 is 0. The summed E-state index contributed by atoms with van der Waals surface area (Å²) in [6.07, 6.45) is 6.40. The van der Waals surface area contributed by atoms with E-state index in [9.17, 15) is 9.59 Å². The average Bonchev–Trinajstić information content (AvgIpc) is 3.06. The van der Waals surface area contributed by atoms with Crippen LogP contribution in [-0.4, -0.2) is 26.2 Å². The summed E-state index contributed by atoms with van der Waals surface area (Å²) in [4.78, 5) is 23.9. The van der Waals surface area contributed by atoms with Gasteiger partial charge in [0.15, 0.2) is 0 Å². The van der Waals surface area contributed by atoms with E-state index in [2.05, 4.69) is 12.2 Å². The topological polar surface area (TPSA) is 52.6 Å². The van der Waals surface area contributed by atoms with E-state index in [1.54, 1.807) is 0 Å². The average molecular weight is 250 g/mol. The molecule has 98 valence electrons. The second-order valence-electron chi connectivity index (χ2n) is 5.57. The van der Waals surface area contributed by atoms with Crippen LogP contribution < -0.4 is 0 Å². The molecule has 0 amide bonds. The van der Waals surface area contributed by atoms with E-state index in [1.807, 2.05) is 0 Å². The minimum atomic E-state index is -0.309. The van der Waals surface area contributed by atoms with Gasteiger partial charge >= 0.3 is 11.9 Å². The van der Waals surface area contributed by atoms with Crippen LogP contribution in [0.15, 0.2) is 12.2 Å². The smallest absolute Gasteiger partial charge is 0.309 e. The molecule has 0 aromatic carbocycles. The second kappa shape index (κ2) is 4.11. The van der Waals surface area contributed by atoms with Crippen molar-refractivity contribution in [3.8, 4) is 0 Å². The molecule has 2 unspecified atom stereocenters. The molecule has 18 heavy (non-hydrogen) atoms. The van der Waals surface area contributed by atoms with Gasteiger partial charge < -0.3 is 9.47 Å². The molecule has 0 spiro atoms. The highest BCUT2D eigenvalue weighted by Gasteiger charge is 2.62. The van der Waals surface area contributed by atoms with Gasteiger partial charge in [0.2, 0.25) is 0 Å². The van der Waals surface area contributed by atoms with Gasteiger partial charge in [-0.2, -0.15) is 0 Å². The molecule has 3 aliphatic carbocycles. The van der Waals surface area contributed by atoms with E-state index < -0.39 is 0 Å². The van der Waals surface area contributed by atoms with Crippen LogP contribution in [0.25, 0.3) is 0 Å². The monoisotopic (exact) mass is 250 g/mol. The molecule has 2 fully saturated rings. The van der Waals surface area contributed by atoms with E-state index in [4.69, 9.17) is 9.47 Å². The molecule has 4 nitrogen and oxygen atoms in total. The fourth-order valence-electron chi connectivity index (χ4n) is 4.51. The van der Waals surface area contributed by atoms with E-state index >= 15 is 0 Å². The van der Waals surface area contributed by atoms with Crippen LogP contribution in [0.2, 0.25) is 0 Å². The zero-order valence-electron chi connectivity index (χ0n) is 10.7. The zero-order chi connectivity index (χ0) is 12.9. The maximum Gasteiger partial charge on any atom is 0.309 e. The number of fused-ring (bicyclic) bond motifs is 5. The highest BCUT2D eigenvalue weighted by Crippen LogP contribution is 2.61. The van der Waals surface area contributed by atoms with Crippen LogP contribution in [0.1, 0.15) is 12.8 Å². The molecular weight excluding hydrogens is 232 g/mol. The van der Waals surface area contributed by atoms with Crippen molar-refractivity contribution in [3.05, 3.63) is 12.2 Å². The first-order chi connectivity index (χ1) is 8.69. The maximum atomic E-state index is 12.0. The molecule has 3 aliphatic rings. The molecule has 3 rings (SSSR count). The summed E-state index contributed by atoms with van der Waals surface area (Å²) in [6, 6.07) is 0. The van der Waals surface area contributed by atoms with Gasteiger partial charge in [-0.1, -0.05) is 12.2 Å². The van der Waals surface area contributed by atoms with Crippen LogP contribution >= 0.6 is 0 Å². The Labute approximate surface area is 106 Å². The predicted molar refractivity (Wildman–Crippen MR) is 63.3 cm³/mol. The van der Waals surface area contributed by atoms with Crippen molar-refractivity contribution in [2.45, 2.75) is 12.8 Å². The number of carbonyl (C=O) groups is 2. The van der Waals surface area contributed by atoms with Crippen molar-refractivity contribution in [2.24, 2.45) is 35.5 Å². The number of hydrogen-bond acceptors (Lipinski definition) is 4. The molecule has 0 saturated heterocycles. The first kappa shape index (κ1) is 11.8. The fraction of sp³-hybridized carbons (Fsp3) is 0.714. The van der Waals surface area contributed by atoms with Gasteiger partial charge in [0.05, 0.1) is 26.1 Å². The lowest BCUT2D eigenvalue weighted by Crippen LogP contribution is -2.41. The summed E-state index contributed by atoms with van der Waals surface area (Å²) in [5.74, 6) is 0.423. The van der Waals surface area contributed by atoms with Gasteiger partial charge in [-0.25, -0.2) is 0 Å². The molecule has 2 saturated carbocycles. The van der Waals surface area contributed by atoms with Crippen LogP contribution in [0, 0.1) is 35.5 Å². The lowest BCUT2D eigenvalue weighted by Gasteiger charge is -2.34. The molecule has 0 N–H and O–H groups in total. The van der Waals surface area contributed by atoms with Gasteiger partial charge in [-0.15, -0.1) is 0 Å².